The van der Waals surface area contributed by atoms with Gasteiger partial charge in [0.25, 0.3) is 0 Å². The Kier molecular flexibility index (Phi) is 9.38. The highest BCUT2D eigenvalue weighted by molar-refractivity contribution is 5.93. The lowest BCUT2D eigenvalue weighted by Crippen LogP contribution is -2.44. The van der Waals surface area contributed by atoms with Gasteiger partial charge in [-0.2, -0.15) is 0 Å². The number of nitrogens with zero attached hydrogens (tertiary/aromatic N) is 2. The molecule has 2 N–H and O–H groups in total. The van der Waals surface area contributed by atoms with Gasteiger partial charge in [-0.1, -0.05) is 30.3 Å². The smallest absolute Gasteiger partial charge is 0.239 e. The summed E-state index contributed by atoms with van der Waals surface area (Å²) in [5, 5.41) is 5.59. The summed E-state index contributed by atoms with van der Waals surface area (Å²) in [6, 6.07) is 13.5. The lowest BCUT2D eigenvalue weighted by atomic mass is 10.1. The molecule has 1 unspecified atom stereocenters. The van der Waals surface area contributed by atoms with Crippen LogP contribution in [0.2, 0.25) is 0 Å². The molecule has 1 aliphatic rings. The predicted molar refractivity (Wildman–Crippen MR) is 126 cm³/mol. The standard InChI is InChI=1S/C25H32N4O4/c1-19-11-13-26-22(16-19)28-23(30)9-10-25(32)29(17-21-8-5-15-33-21)18-24(31)27-14-12-20-6-3-2-4-7-20/h2-4,6-7,11,13,16,21H,5,8-10,12,14-15,17-18H2,1H3,(H,27,31)(H,26,28,30). The third-order valence-electron chi connectivity index (χ3n) is 5.46. The Morgan fingerprint density at radius 3 is 2.67 bits per heavy atom. The van der Waals surface area contributed by atoms with Crippen LogP contribution in [-0.2, 0) is 25.5 Å². The van der Waals surface area contributed by atoms with Gasteiger partial charge in [0.1, 0.15) is 5.82 Å². The second kappa shape index (κ2) is 12.7. The van der Waals surface area contributed by atoms with Crippen LogP contribution in [0.3, 0.4) is 0 Å². The molecule has 1 atom stereocenters. The second-order valence-electron chi connectivity index (χ2n) is 8.26. The molecule has 0 radical (unpaired) electrons. The zero-order valence-corrected chi connectivity index (χ0v) is 19.1. The molecular weight excluding hydrogens is 420 g/mol. The molecule has 2 heterocycles. The molecule has 3 amide bonds. The summed E-state index contributed by atoms with van der Waals surface area (Å²) in [6.45, 7) is 3.38. The Labute approximate surface area is 194 Å². The molecule has 0 spiro atoms. The minimum atomic E-state index is -0.286. The molecule has 3 rings (SSSR count). The minimum absolute atomic E-state index is 0.0155. The van der Waals surface area contributed by atoms with Crippen LogP contribution in [0.1, 0.15) is 36.8 Å². The Bertz CT molecular complexity index is 929. The Hall–Kier alpha value is -3.26. The van der Waals surface area contributed by atoms with E-state index in [2.05, 4.69) is 15.6 Å². The number of aromatic nitrogens is 1. The van der Waals surface area contributed by atoms with Crippen molar-refractivity contribution in [3.63, 3.8) is 0 Å². The van der Waals surface area contributed by atoms with Crippen molar-refractivity contribution in [3.8, 4) is 0 Å². The van der Waals surface area contributed by atoms with Gasteiger partial charge in [0, 0.05) is 38.7 Å². The van der Waals surface area contributed by atoms with Crippen molar-refractivity contribution in [2.24, 2.45) is 0 Å². The number of ether oxygens (including phenoxy) is 1. The van der Waals surface area contributed by atoms with E-state index in [1.807, 2.05) is 43.3 Å². The van der Waals surface area contributed by atoms with Gasteiger partial charge in [-0.3, -0.25) is 14.4 Å². The normalized spacial score (nSPS) is 15.1. The van der Waals surface area contributed by atoms with Crippen LogP contribution in [-0.4, -0.2) is 60.0 Å². The van der Waals surface area contributed by atoms with Gasteiger partial charge < -0.3 is 20.3 Å². The first-order valence-corrected chi connectivity index (χ1v) is 11.4. The van der Waals surface area contributed by atoms with Gasteiger partial charge in [-0.05, 0) is 49.4 Å². The summed E-state index contributed by atoms with van der Waals surface area (Å²) < 4.78 is 5.66. The van der Waals surface area contributed by atoms with E-state index in [-0.39, 0.29) is 43.2 Å². The number of carbonyl (C=O) groups is 3. The molecule has 1 aliphatic heterocycles. The molecule has 8 heteroatoms. The minimum Gasteiger partial charge on any atom is -0.376 e. The molecule has 0 saturated carbocycles. The highest BCUT2D eigenvalue weighted by Crippen LogP contribution is 2.14. The van der Waals surface area contributed by atoms with Crippen LogP contribution >= 0.6 is 0 Å². The van der Waals surface area contributed by atoms with Crippen LogP contribution < -0.4 is 10.6 Å². The Balaban J connectivity index is 1.48. The topological polar surface area (TPSA) is 101 Å². The maximum Gasteiger partial charge on any atom is 0.239 e. The number of aryl methyl sites for hydroxylation is 1. The molecule has 0 bridgehead atoms. The summed E-state index contributed by atoms with van der Waals surface area (Å²) in [7, 11) is 0. The number of anilines is 1. The maximum absolute atomic E-state index is 12.9. The molecule has 33 heavy (non-hydrogen) atoms. The van der Waals surface area contributed by atoms with Crippen LogP contribution in [0.25, 0.3) is 0 Å². The molecule has 176 valence electrons. The van der Waals surface area contributed by atoms with Crippen molar-refractivity contribution >= 4 is 23.5 Å². The first-order valence-electron chi connectivity index (χ1n) is 11.4. The summed E-state index contributed by atoms with van der Waals surface area (Å²) in [5.74, 6) is -0.283. The number of nitrogens with one attached hydrogen (secondary N) is 2. The van der Waals surface area contributed by atoms with Gasteiger partial charge in [0.05, 0.1) is 12.6 Å². The third kappa shape index (κ3) is 8.65. The van der Waals surface area contributed by atoms with E-state index in [4.69, 9.17) is 4.74 Å². The number of hydrogen-bond donors (Lipinski definition) is 2. The zero-order chi connectivity index (χ0) is 23.5. The fraction of sp³-hybridized carbons (Fsp3) is 0.440. The van der Waals surface area contributed by atoms with Crippen molar-refractivity contribution in [1.29, 1.82) is 0 Å². The second-order valence-corrected chi connectivity index (χ2v) is 8.26. The first-order chi connectivity index (χ1) is 16.0. The zero-order valence-electron chi connectivity index (χ0n) is 19.1. The van der Waals surface area contributed by atoms with Gasteiger partial charge >= 0.3 is 0 Å². The lowest BCUT2D eigenvalue weighted by molar-refractivity contribution is -0.138. The van der Waals surface area contributed by atoms with E-state index in [0.29, 0.717) is 25.5 Å². The van der Waals surface area contributed by atoms with Crippen molar-refractivity contribution in [2.45, 2.75) is 45.1 Å². The van der Waals surface area contributed by atoms with Crippen molar-refractivity contribution < 1.29 is 19.1 Å². The van der Waals surface area contributed by atoms with Crippen molar-refractivity contribution in [3.05, 3.63) is 59.8 Å². The van der Waals surface area contributed by atoms with Crippen LogP contribution in [0, 0.1) is 6.92 Å². The maximum atomic E-state index is 12.9. The van der Waals surface area contributed by atoms with E-state index in [1.54, 1.807) is 12.3 Å². The largest absolute Gasteiger partial charge is 0.376 e. The number of pyridine rings is 1. The third-order valence-corrected chi connectivity index (χ3v) is 5.46. The molecule has 2 aromatic rings. The quantitative estimate of drug-likeness (QED) is 0.546. The molecular formula is C25H32N4O4. The van der Waals surface area contributed by atoms with Gasteiger partial charge in [0.2, 0.25) is 17.7 Å². The predicted octanol–water partition coefficient (Wildman–Crippen LogP) is 2.48. The summed E-state index contributed by atoms with van der Waals surface area (Å²) in [4.78, 5) is 43.2. The molecule has 1 aromatic heterocycles. The van der Waals surface area contributed by atoms with E-state index >= 15 is 0 Å². The van der Waals surface area contributed by atoms with Gasteiger partial charge in [0.15, 0.2) is 0 Å². The SMILES string of the molecule is Cc1ccnc(NC(=O)CCC(=O)N(CC(=O)NCCc2ccccc2)CC2CCCO2)c1. The van der Waals surface area contributed by atoms with E-state index in [1.165, 1.54) is 4.90 Å². The van der Waals surface area contributed by atoms with Crippen LogP contribution in [0.4, 0.5) is 5.82 Å². The van der Waals surface area contributed by atoms with Gasteiger partial charge in [-0.25, -0.2) is 4.98 Å². The molecule has 1 aromatic carbocycles. The van der Waals surface area contributed by atoms with Crippen LogP contribution in [0.5, 0.6) is 0 Å². The van der Waals surface area contributed by atoms with E-state index in [9.17, 15) is 14.4 Å². The first kappa shape index (κ1) is 24.4. The highest BCUT2D eigenvalue weighted by atomic mass is 16.5. The van der Waals surface area contributed by atoms with Crippen molar-refractivity contribution in [2.75, 3.05) is 31.6 Å². The highest BCUT2D eigenvalue weighted by Gasteiger charge is 2.24. The number of hydrogen-bond acceptors (Lipinski definition) is 5. The lowest BCUT2D eigenvalue weighted by Gasteiger charge is -2.25. The molecule has 8 nitrogen and oxygen atoms in total. The number of amides is 3. The molecule has 1 saturated heterocycles. The average Bonchev–Trinajstić information content (AvgIpc) is 3.31. The number of benzene rings is 1. The van der Waals surface area contributed by atoms with Gasteiger partial charge in [-0.15, -0.1) is 0 Å². The Morgan fingerprint density at radius 2 is 1.94 bits per heavy atom. The van der Waals surface area contributed by atoms with E-state index < -0.39 is 0 Å². The summed E-state index contributed by atoms with van der Waals surface area (Å²) in [6.07, 6.45) is 4.11. The van der Waals surface area contributed by atoms with Crippen LogP contribution in [0.15, 0.2) is 48.7 Å². The monoisotopic (exact) mass is 452 g/mol. The molecule has 1 fully saturated rings. The number of rotatable bonds is 11. The summed E-state index contributed by atoms with van der Waals surface area (Å²) >= 11 is 0. The Morgan fingerprint density at radius 1 is 1.12 bits per heavy atom. The fourth-order valence-electron chi connectivity index (χ4n) is 3.70. The van der Waals surface area contributed by atoms with E-state index in [0.717, 1.165) is 30.4 Å². The fourth-order valence-corrected chi connectivity index (χ4v) is 3.70. The average molecular weight is 453 g/mol. The van der Waals surface area contributed by atoms with Crippen molar-refractivity contribution in [1.82, 2.24) is 15.2 Å². The number of carbonyl (C=O) groups excluding carboxylic acids is 3. The summed E-state index contributed by atoms with van der Waals surface area (Å²) in [5.41, 5.74) is 2.12. The molecule has 0 aliphatic carbocycles.